The third-order valence-electron chi connectivity index (χ3n) is 9.87. The van der Waals surface area contributed by atoms with Gasteiger partial charge in [-0.2, -0.15) is 0 Å². The Labute approximate surface area is 300 Å². The first kappa shape index (κ1) is 29.8. The summed E-state index contributed by atoms with van der Waals surface area (Å²) in [5, 5.41) is 6.45. The quantitative estimate of drug-likeness (QED) is 0.136. The van der Waals surface area contributed by atoms with Gasteiger partial charge in [-0.3, -0.25) is 0 Å². The molecule has 0 bridgehead atoms. The van der Waals surface area contributed by atoms with Crippen LogP contribution in [0.4, 0.5) is 0 Å². The fourth-order valence-corrected chi connectivity index (χ4v) is 7.39. The molecule has 0 aliphatic heterocycles. The summed E-state index contributed by atoms with van der Waals surface area (Å²) >= 11 is 0. The first-order chi connectivity index (χ1) is 25.8. The normalized spacial score (nSPS) is 11.5. The standard InChI is InChI=1S/C48H30N4/c1-4-14-31(15-5-1)40-28-26-34-24-25-35-27-29-41(50-47(35)46(34)49-40)44-36-20-10-12-22-38(36)45(39-23-13-11-21-37(39)44)48-51-42(32-16-6-2-7-17-32)30-43(52-48)33-18-8-3-9-19-33/h1-30H. The molecule has 0 unspecified atom stereocenters. The van der Waals surface area contributed by atoms with Crippen LogP contribution in [0.5, 0.6) is 0 Å². The second-order valence-electron chi connectivity index (χ2n) is 13.0. The summed E-state index contributed by atoms with van der Waals surface area (Å²) < 4.78 is 0. The van der Waals surface area contributed by atoms with Gasteiger partial charge in [0, 0.05) is 38.6 Å². The van der Waals surface area contributed by atoms with Crippen molar-refractivity contribution in [3.63, 3.8) is 0 Å². The predicted octanol–water partition coefficient (Wildman–Crippen LogP) is 12.2. The average Bonchev–Trinajstić information content (AvgIpc) is 3.23. The summed E-state index contributed by atoms with van der Waals surface area (Å²) in [7, 11) is 0. The third-order valence-corrected chi connectivity index (χ3v) is 9.87. The van der Waals surface area contributed by atoms with Crippen molar-refractivity contribution in [3.8, 4) is 56.4 Å². The number of aromatic nitrogens is 4. The lowest BCUT2D eigenvalue weighted by molar-refractivity contribution is 1.19. The van der Waals surface area contributed by atoms with E-state index in [9.17, 15) is 0 Å². The van der Waals surface area contributed by atoms with Crippen molar-refractivity contribution >= 4 is 43.4 Å². The van der Waals surface area contributed by atoms with Crippen LogP contribution in [0.25, 0.3) is 99.8 Å². The smallest absolute Gasteiger partial charge is 0.161 e. The molecule has 0 atom stereocenters. The number of benzene rings is 7. The molecule has 0 amide bonds. The Bertz CT molecular complexity index is 2830. The van der Waals surface area contributed by atoms with E-state index >= 15 is 0 Å². The number of nitrogens with zero attached hydrogens (tertiary/aromatic N) is 4. The molecule has 0 fully saturated rings. The van der Waals surface area contributed by atoms with Gasteiger partial charge in [0.05, 0.1) is 33.8 Å². The van der Waals surface area contributed by atoms with Crippen LogP contribution in [0.1, 0.15) is 0 Å². The van der Waals surface area contributed by atoms with E-state index < -0.39 is 0 Å². The minimum atomic E-state index is 0.689. The molecule has 10 aromatic rings. The first-order valence-electron chi connectivity index (χ1n) is 17.5. The minimum absolute atomic E-state index is 0.689. The maximum absolute atomic E-state index is 5.42. The van der Waals surface area contributed by atoms with E-state index in [-0.39, 0.29) is 0 Å². The molecule has 0 radical (unpaired) electrons. The number of fused-ring (bicyclic) bond motifs is 5. The molecular formula is C48H30N4. The second-order valence-corrected chi connectivity index (χ2v) is 13.0. The van der Waals surface area contributed by atoms with Crippen LogP contribution in [0.2, 0.25) is 0 Å². The van der Waals surface area contributed by atoms with Gasteiger partial charge in [0.25, 0.3) is 0 Å². The Kier molecular flexibility index (Phi) is 7.10. The molecule has 0 saturated carbocycles. The van der Waals surface area contributed by atoms with E-state index in [0.717, 1.165) is 93.9 Å². The average molecular weight is 663 g/mol. The van der Waals surface area contributed by atoms with E-state index in [1.165, 1.54) is 0 Å². The molecule has 3 heterocycles. The molecule has 4 nitrogen and oxygen atoms in total. The summed E-state index contributed by atoms with van der Waals surface area (Å²) in [6.07, 6.45) is 0. The van der Waals surface area contributed by atoms with Crippen LogP contribution in [0.15, 0.2) is 182 Å². The zero-order valence-electron chi connectivity index (χ0n) is 28.1. The van der Waals surface area contributed by atoms with Crippen molar-refractivity contribution in [2.75, 3.05) is 0 Å². The van der Waals surface area contributed by atoms with Gasteiger partial charge in [0.1, 0.15) is 0 Å². The molecule has 52 heavy (non-hydrogen) atoms. The first-order valence-corrected chi connectivity index (χ1v) is 17.5. The van der Waals surface area contributed by atoms with Gasteiger partial charge in [-0.25, -0.2) is 19.9 Å². The summed E-state index contributed by atoms with van der Waals surface area (Å²) in [4.78, 5) is 21.1. The van der Waals surface area contributed by atoms with Crippen molar-refractivity contribution in [1.82, 2.24) is 19.9 Å². The van der Waals surface area contributed by atoms with E-state index in [1.54, 1.807) is 0 Å². The van der Waals surface area contributed by atoms with Crippen molar-refractivity contribution < 1.29 is 0 Å². The molecule has 3 aromatic heterocycles. The van der Waals surface area contributed by atoms with Gasteiger partial charge >= 0.3 is 0 Å². The van der Waals surface area contributed by atoms with E-state index in [4.69, 9.17) is 19.9 Å². The van der Waals surface area contributed by atoms with Crippen LogP contribution < -0.4 is 0 Å². The fourth-order valence-electron chi connectivity index (χ4n) is 7.39. The van der Waals surface area contributed by atoms with Gasteiger partial charge < -0.3 is 0 Å². The number of hydrogen-bond acceptors (Lipinski definition) is 4. The SMILES string of the molecule is c1ccc(-c2cc(-c3ccccc3)nc(-c3c4ccccc4c(-c4ccc5ccc6ccc(-c7ccccc7)nc6c5n4)c4ccccc34)n2)cc1. The van der Waals surface area contributed by atoms with Crippen molar-refractivity contribution in [2.45, 2.75) is 0 Å². The molecule has 4 heteroatoms. The van der Waals surface area contributed by atoms with Gasteiger partial charge in [-0.1, -0.05) is 164 Å². The monoisotopic (exact) mass is 662 g/mol. The zero-order chi connectivity index (χ0) is 34.4. The summed E-state index contributed by atoms with van der Waals surface area (Å²) in [6.45, 7) is 0. The van der Waals surface area contributed by atoms with Gasteiger partial charge in [0.2, 0.25) is 0 Å². The van der Waals surface area contributed by atoms with Crippen LogP contribution in [-0.4, -0.2) is 19.9 Å². The lowest BCUT2D eigenvalue weighted by Gasteiger charge is -2.18. The Morgan fingerprint density at radius 3 is 1.12 bits per heavy atom. The fraction of sp³-hybridized carbons (Fsp3) is 0. The zero-order valence-corrected chi connectivity index (χ0v) is 28.1. The molecular weight excluding hydrogens is 633 g/mol. The molecule has 10 rings (SSSR count). The second kappa shape index (κ2) is 12.4. The number of hydrogen-bond donors (Lipinski definition) is 0. The number of rotatable bonds is 5. The molecule has 0 aliphatic carbocycles. The van der Waals surface area contributed by atoms with Crippen molar-refractivity contribution in [2.24, 2.45) is 0 Å². The Balaban J connectivity index is 1.24. The predicted molar refractivity (Wildman–Crippen MR) is 215 cm³/mol. The maximum atomic E-state index is 5.42. The summed E-state index contributed by atoms with van der Waals surface area (Å²) in [5.41, 5.74) is 10.6. The van der Waals surface area contributed by atoms with Gasteiger partial charge in [-0.15, -0.1) is 0 Å². The highest BCUT2D eigenvalue weighted by Gasteiger charge is 2.21. The van der Waals surface area contributed by atoms with Crippen molar-refractivity contribution in [3.05, 3.63) is 182 Å². The minimum Gasteiger partial charge on any atom is -0.245 e. The van der Waals surface area contributed by atoms with Crippen LogP contribution in [0.3, 0.4) is 0 Å². The van der Waals surface area contributed by atoms with Crippen LogP contribution in [0, 0.1) is 0 Å². The van der Waals surface area contributed by atoms with Crippen LogP contribution in [-0.2, 0) is 0 Å². The lowest BCUT2D eigenvalue weighted by atomic mass is 9.89. The molecule has 0 spiro atoms. The third kappa shape index (κ3) is 5.09. The van der Waals surface area contributed by atoms with E-state index in [0.29, 0.717) is 5.82 Å². The highest BCUT2D eigenvalue weighted by Crippen LogP contribution is 2.43. The molecule has 0 N–H and O–H groups in total. The lowest BCUT2D eigenvalue weighted by Crippen LogP contribution is -1.99. The molecule has 0 aliphatic rings. The maximum Gasteiger partial charge on any atom is 0.161 e. The highest BCUT2D eigenvalue weighted by molar-refractivity contribution is 6.21. The van der Waals surface area contributed by atoms with Gasteiger partial charge in [0.15, 0.2) is 5.82 Å². The van der Waals surface area contributed by atoms with Gasteiger partial charge in [-0.05, 0) is 39.7 Å². The van der Waals surface area contributed by atoms with E-state index in [2.05, 4.69) is 152 Å². The van der Waals surface area contributed by atoms with Crippen LogP contribution >= 0.6 is 0 Å². The Hall–Kier alpha value is -7.04. The van der Waals surface area contributed by atoms with Crippen molar-refractivity contribution in [1.29, 1.82) is 0 Å². The number of pyridine rings is 2. The molecule has 7 aromatic carbocycles. The molecule has 242 valence electrons. The summed E-state index contributed by atoms with van der Waals surface area (Å²) in [6, 6.07) is 63.1. The molecule has 0 saturated heterocycles. The highest BCUT2D eigenvalue weighted by atomic mass is 14.9. The Morgan fingerprint density at radius 1 is 0.269 bits per heavy atom. The van der Waals surface area contributed by atoms with E-state index in [1.807, 2.05) is 30.3 Å². The topological polar surface area (TPSA) is 51.6 Å². The largest absolute Gasteiger partial charge is 0.245 e. The summed E-state index contributed by atoms with van der Waals surface area (Å²) in [5.74, 6) is 0.689. The Morgan fingerprint density at radius 2 is 0.635 bits per heavy atom.